The van der Waals surface area contributed by atoms with Crippen LogP contribution in [-0.4, -0.2) is 24.0 Å². The van der Waals surface area contributed by atoms with E-state index >= 15 is 0 Å². The van der Waals surface area contributed by atoms with E-state index in [4.69, 9.17) is 5.26 Å². The fourth-order valence-corrected chi connectivity index (χ4v) is 5.88. The average Bonchev–Trinajstić information content (AvgIpc) is 2.65. The molecule has 6 nitrogen and oxygen atoms in total. The normalized spacial score (nSPS) is 29.8. The predicted molar refractivity (Wildman–Crippen MR) is 105 cm³/mol. The minimum Gasteiger partial charge on any atom is -0.352 e. The van der Waals surface area contributed by atoms with Crippen molar-refractivity contribution in [3.63, 3.8) is 0 Å². The number of benzene rings is 1. The van der Waals surface area contributed by atoms with Crippen molar-refractivity contribution in [2.24, 2.45) is 17.8 Å². The number of carbonyl (C=O) groups excluding carboxylic acids is 2. The molecular formula is C22H28N4O2. The van der Waals surface area contributed by atoms with Gasteiger partial charge in [0.05, 0.1) is 11.6 Å². The number of carbonyl (C=O) groups is 2. The molecule has 0 heterocycles. The number of hydrogen-bond acceptors (Lipinski definition) is 3. The molecule has 4 aliphatic carbocycles. The maximum Gasteiger partial charge on any atom is 0.315 e. The lowest BCUT2D eigenvalue weighted by atomic mass is 9.53. The van der Waals surface area contributed by atoms with Crippen molar-refractivity contribution in [2.45, 2.75) is 57.0 Å². The molecule has 4 saturated carbocycles. The van der Waals surface area contributed by atoms with Gasteiger partial charge in [-0.3, -0.25) is 4.79 Å². The summed E-state index contributed by atoms with van der Waals surface area (Å²) in [5.41, 5.74) is 1.46. The van der Waals surface area contributed by atoms with Crippen molar-refractivity contribution in [2.75, 3.05) is 6.54 Å². The highest BCUT2D eigenvalue weighted by molar-refractivity contribution is 5.78. The Hall–Kier alpha value is -2.55. The molecule has 4 aliphatic rings. The molecule has 4 bridgehead atoms. The third-order valence-electron chi connectivity index (χ3n) is 6.60. The number of urea groups is 1. The fourth-order valence-electron chi connectivity index (χ4n) is 5.88. The van der Waals surface area contributed by atoms with Gasteiger partial charge in [-0.25, -0.2) is 4.79 Å². The topological polar surface area (TPSA) is 94.0 Å². The zero-order chi connectivity index (χ0) is 19.6. The summed E-state index contributed by atoms with van der Waals surface area (Å²) in [5.74, 6) is 2.25. The van der Waals surface area contributed by atoms with Crippen molar-refractivity contribution in [1.82, 2.24) is 16.0 Å². The molecule has 5 rings (SSSR count). The molecule has 0 aromatic heterocycles. The number of rotatable bonds is 6. The van der Waals surface area contributed by atoms with E-state index in [9.17, 15) is 9.59 Å². The average molecular weight is 380 g/mol. The molecule has 3 amide bonds. The first-order valence-corrected chi connectivity index (χ1v) is 10.4. The molecule has 1 aromatic carbocycles. The molecule has 0 radical (unpaired) electrons. The summed E-state index contributed by atoms with van der Waals surface area (Å²) in [6, 6.07) is 9.12. The summed E-state index contributed by atoms with van der Waals surface area (Å²) < 4.78 is 0. The molecule has 0 spiro atoms. The smallest absolute Gasteiger partial charge is 0.315 e. The summed E-state index contributed by atoms with van der Waals surface area (Å²) in [5, 5.41) is 17.9. The van der Waals surface area contributed by atoms with Crippen LogP contribution in [0.2, 0.25) is 0 Å². The van der Waals surface area contributed by atoms with Gasteiger partial charge in [-0.05, 0) is 74.0 Å². The second-order valence-corrected chi connectivity index (χ2v) is 8.92. The van der Waals surface area contributed by atoms with Crippen LogP contribution < -0.4 is 16.0 Å². The highest BCUT2D eigenvalue weighted by atomic mass is 16.2. The number of nitrogens with zero attached hydrogens (tertiary/aromatic N) is 1. The highest BCUT2D eigenvalue weighted by Gasteiger charge is 2.51. The van der Waals surface area contributed by atoms with E-state index in [0.29, 0.717) is 18.7 Å². The third-order valence-corrected chi connectivity index (χ3v) is 6.60. The van der Waals surface area contributed by atoms with E-state index in [2.05, 4.69) is 22.0 Å². The van der Waals surface area contributed by atoms with Crippen molar-refractivity contribution >= 4 is 11.9 Å². The standard InChI is InChI=1S/C22H28N4O2/c23-13-15-2-1-3-16(6-15)14-25-20(27)4-5-24-21(28)26-22-10-17-7-18(11-22)9-19(8-17)12-22/h1-3,6,17-19H,4-5,7-12,14H2,(H,25,27)(H2,24,26,28). The maximum atomic E-state index is 12.4. The molecule has 0 atom stereocenters. The van der Waals surface area contributed by atoms with Crippen molar-refractivity contribution in [3.05, 3.63) is 35.4 Å². The quantitative estimate of drug-likeness (QED) is 0.708. The van der Waals surface area contributed by atoms with E-state index in [1.807, 2.05) is 6.07 Å². The van der Waals surface area contributed by atoms with E-state index < -0.39 is 0 Å². The zero-order valence-electron chi connectivity index (χ0n) is 16.2. The minimum absolute atomic E-state index is 0.00709. The highest BCUT2D eigenvalue weighted by Crippen LogP contribution is 2.55. The van der Waals surface area contributed by atoms with Gasteiger partial charge in [0.2, 0.25) is 5.91 Å². The second kappa shape index (κ2) is 7.83. The molecule has 0 unspecified atom stereocenters. The van der Waals surface area contributed by atoms with E-state index in [1.165, 1.54) is 19.3 Å². The Kier molecular flexibility index (Phi) is 5.25. The molecular weight excluding hydrogens is 352 g/mol. The van der Waals surface area contributed by atoms with Crippen molar-refractivity contribution in [1.29, 1.82) is 5.26 Å². The van der Waals surface area contributed by atoms with Gasteiger partial charge in [0, 0.05) is 25.0 Å². The summed E-state index contributed by atoms with van der Waals surface area (Å²) >= 11 is 0. The van der Waals surface area contributed by atoms with Crippen molar-refractivity contribution < 1.29 is 9.59 Å². The van der Waals surface area contributed by atoms with Crippen LogP contribution in [0.25, 0.3) is 0 Å². The summed E-state index contributed by atoms with van der Waals surface area (Å²) in [6.45, 7) is 0.704. The van der Waals surface area contributed by atoms with Gasteiger partial charge in [0.1, 0.15) is 0 Å². The Balaban J connectivity index is 1.17. The van der Waals surface area contributed by atoms with Gasteiger partial charge in [0.15, 0.2) is 0 Å². The monoisotopic (exact) mass is 380 g/mol. The number of amides is 3. The van der Waals surface area contributed by atoms with Crippen LogP contribution in [0.5, 0.6) is 0 Å². The third kappa shape index (κ3) is 4.30. The Morgan fingerprint density at radius 1 is 1.07 bits per heavy atom. The molecule has 148 valence electrons. The Labute approximate surface area is 166 Å². The van der Waals surface area contributed by atoms with Gasteiger partial charge in [-0.1, -0.05) is 12.1 Å². The van der Waals surface area contributed by atoms with Gasteiger partial charge in [0.25, 0.3) is 0 Å². The van der Waals surface area contributed by atoms with Crippen LogP contribution in [0.15, 0.2) is 24.3 Å². The fraction of sp³-hybridized carbons (Fsp3) is 0.591. The zero-order valence-corrected chi connectivity index (χ0v) is 16.2. The number of hydrogen-bond donors (Lipinski definition) is 3. The Morgan fingerprint density at radius 2 is 1.75 bits per heavy atom. The first-order valence-electron chi connectivity index (χ1n) is 10.4. The van der Waals surface area contributed by atoms with Crippen LogP contribution >= 0.6 is 0 Å². The van der Waals surface area contributed by atoms with Crippen LogP contribution in [0, 0.1) is 29.1 Å². The molecule has 0 saturated heterocycles. The van der Waals surface area contributed by atoms with Crippen LogP contribution in [0.3, 0.4) is 0 Å². The molecule has 3 N–H and O–H groups in total. The van der Waals surface area contributed by atoms with Crippen molar-refractivity contribution in [3.8, 4) is 6.07 Å². The van der Waals surface area contributed by atoms with Gasteiger partial charge in [-0.15, -0.1) is 0 Å². The van der Waals surface area contributed by atoms with Gasteiger partial charge >= 0.3 is 6.03 Å². The number of nitrogens with one attached hydrogen (secondary N) is 3. The molecule has 4 fully saturated rings. The summed E-state index contributed by atoms with van der Waals surface area (Å²) in [4.78, 5) is 24.4. The SMILES string of the molecule is N#Cc1cccc(CNC(=O)CCNC(=O)NC23CC4CC(CC(C4)C2)C3)c1. The van der Waals surface area contributed by atoms with E-state index in [0.717, 1.165) is 42.6 Å². The Morgan fingerprint density at radius 3 is 2.39 bits per heavy atom. The molecule has 1 aromatic rings. The van der Waals surface area contributed by atoms with Gasteiger partial charge in [-0.2, -0.15) is 5.26 Å². The minimum atomic E-state index is -0.142. The lowest BCUT2D eigenvalue weighted by Gasteiger charge is -2.56. The van der Waals surface area contributed by atoms with E-state index in [-0.39, 0.29) is 23.9 Å². The maximum absolute atomic E-state index is 12.4. The lowest BCUT2D eigenvalue weighted by Crippen LogP contribution is -2.61. The van der Waals surface area contributed by atoms with Crippen LogP contribution in [-0.2, 0) is 11.3 Å². The molecule has 0 aliphatic heterocycles. The number of nitriles is 1. The second-order valence-electron chi connectivity index (χ2n) is 8.92. The summed E-state index contributed by atoms with van der Waals surface area (Å²) in [6.07, 6.45) is 7.64. The van der Waals surface area contributed by atoms with Gasteiger partial charge < -0.3 is 16.0 Å². The predicted octanol–water partition coefficient (Wildman–Crippen LogP) is 2.83. The Bertz CT molecular complexity index is 763. The first-order chi connectivity index (χ1) is 13.5. The molecule has 28 heavy (non-hydrogen) atoms. The van der Waals surface area contributed by atoms with E-state index in [1.54, 1.807) is 18.2 Å². The molecule has 6 heteroatoms. The lowest BCUT2D eigenvalue weighted by molar-refractivity contribution is -0.121. The largest absolute Gasteiger partial charge is 0.352 e. The van der Waals surface area contributed by atoms with Crippen LogP contribution in [0.4, 0.5) is 4.79 Å². The van der Waals surface area contributed by atoms with Crippen LogP contribution in [0.1, 0.15) is 56.1 Å². The first kappa shape index (κ1) is 18.8. The summed E-state index contributed by atoms with van der Waals surface area (Å²) in [7, 11) is 0.